The molecule has 2 aromatic carbocycles. The minimum absolute atomic E-state index is 0.00351. The van der Waals surface area contributed by atoms with Crippen molar-refractivity contribution in [2.24, 2.45) is 5.92 Å². The molecule has 25 heavy (non-hydrogen) atoms. The van der Waals surface area contributed by atoms with E-state index in [-0.39, 0.29) is 23.4 Å². The van der Waals surface area contributed by atoms with Gasteiger partial charge < -0.3 is 10.2 Å². The van der Waals surface area contributed by atoms with Crippen molar-refractivity contribution in [3.05, 3.63) is 63.3 Å². The number of amides is 2. The Bertz CT molecular complexity index is 830. The SMILES string of the molecule is O=C(NCc1ccc(F)c(Cl)c1)C1CCN(c2ccccc2Br)C1=O. The minimum Gasteiger partial charge on any atom is -0.351 e. The summed E-state index contributed by atoms with van der Waals surface area (Å²) in [6, 6.07) is 11.7. The van der Waals surface area contributed by atoms with Crippen molar-refractivity contribution in [1.82, 2.24) is 5.32 Å². The van der Waals surface area contributed by atoms with Crippen LogP contribution >= 0.6 is 27.5 Å². The predicted octanol–water partition coefficient (Wildman–Crippen LogP) is 3.91. The third-order valence-electron chi connectivity index (χ3n) is 4.12. The van der Waals surface area contributed by atoms with Crippen LogP contribution in [0.1, 0.15) is 12.0 Å². The molecule has 4 nitrogen and oxygen atoms in total. The summed E-state index contributed by atoms with van der Waals surface area (Å²) >= 11 is 9.16. The quantitative estimate of drug-likeness (QED) is 0.755. The largest absolute Gasteiger partial charge is 0.351 e. The van der Waals surface area contributed by atoms with E-state index in [4.69, 9.17) is 11.6 Å². The van der Waals surface area contributed by atoms with E-state index >= 15 is 0 Å². The Morgan fingerprint density at radius 1 is 1.32 bits per heavy atom. The first-order valence-corrected chi connectivity index (χ1v) is 8.92. The molecule has 1 unspecified atom stereocenters. The Balaban J connectivity index is 1.64. The van der Waals surface area contributed by atoms with Gasteiger partial charge in [0.2, 0.25) is 11.8 Å². The van der Waals surface area contributed by atoms with Gasteiger partial charge in [-0.2, -0.15) is 0 Å². The number of carbonyl (C=O) groups excluding carboxylic acids is 2. The van der Waals surface area contributed by atoms with Crippen LogP contribution in [0.5, 0.6) is 0 Å². The standard InChI is InChI=1S/C18H15BrClFN2O2/c19-13-3-1-2-4-16(13)23-8-7-12(18(23)25)17(24)22-10-11-5-6-15(21)14(20)9-11/h1-6,9,12H,7-8,10H2,(H,22,24). The highest BCUT2D eigenvalue weighted by Gasteiger charge is 2.37. The fraction of sp³-hybridized carbons (Fsp3) is 0.222. The van der Waals surface area contributed by atoms with Crippen LogP contribution in [0.15, 0.2) is 46.9 Å². The highest BCUT2D eigenvalue weighted by Crippen LogP contribution is 2.31. The van der Waals surface area contributed by atoms with Gasteiger partial charge in [0.05, 0.1) is 10.7 Å². The van der Waals surface area contributed by atoms with Crippen LogP contribution in [0, 0.1) is 11.7 Å². The minimum atomic E-state index is -0.719. The van der Waals surface area contributed by atoms with Gasteiger partial charge in [-0.25, -0.2) is 4.39 Å². The second kappa shape index (κ2) is 7.54. The molecular weight excluding hydrogens is 411 g/mol. The summed E-state index contributed by atoms with van der Waals surface area (Å²) in [5.74, 6) is -1.78. The Hall–Kier alpha value is -1.92. The van der Waals surface area contributed by atoms with Gasteiger partial charge in [-0.15, -0.1) is 0 Å². The molecule has 0 bridgehead atoms. The van der Waals surface area contributed by atoms with Gasteiger partial charge >= 0.3 is 0 Å². The molecule has 1 aliphatic rings. The van der Waals surface area contributed by atoms with E-state index in [2.05, 4.69) is 21.2 Å². The summed E-state index contributed by atoms with van der Waals surface area (Å²) in [5, 5.41) is 2.73. The lowest BCUT2D eigenvalue weighted by Crippen LogP contribution is -2.36. The lowest BCUT2D eigenvalue weighted by atomic mass is 10.1. The summed E-state index contributed by atoms with van der Waals surface area (Å²) < 4.78 is 14.0. The van der Waals surface area contributed by atoms with E-state index in [0.29, 0.717) is 18.5 Å². The van der Waals surface area contributed by atoms with Gasteiger partial charge in [0.1, 0.15) is 11.7 Å². The van der Waals surface area contributed by atoms with Gasteiger partial charge in [-0.05, 0) is 52.2 Å². The molecule has 7 heteroatoms. The molecule has 0 radical (unpaired) electrons. The molecule has 1 aliphatic heterocycles. The summed E-state index contributed by atoms with van der Waals surface area (Å²) in [6.07, 6.45) is 0.455. The smallest absolute Gasteiger partial charge is 0.239 e. The Morgan fingerprint density at radius 2 is 2.08 bits per heavy atom. The molecule has 0 aliphatic carbocycles. The predicted molar refractivity (Wildman–Crippen MR) is 97.9 cm³/mol. The van der Waals surface area contributed by atoms with E-state index in [1.165, 1.54) is 12.1 Å². The van der Waals surface area contributed by atoms with E-state index in [9.17, 15) is 14.0 Å². The number of benzene rings is 2. The van der Waals surface area contributed by atoms with Crippen molar-refractivity contribution in [2.75, 3.05) is 11.4 Å². The molecule has 1 saturated heterocycles. The van der Waals surface area contributed by atoms with E-state index in [0.717, 1.165) is 10.2 Å². The maximum atomic E-state index is 13.2. The number of hydrogen-bond donors (Lipinski definition) is 1. The number of nitrogens with one attached hydrogen (secondary N) is 1. The molecular formula is C18H15BrClFN2O2. The van der Waals surface area contributed by atoms with Crippen LogP contribution in [0.4, 0.5) is 10.1 Å². The molecule has 0 saturated carbocycles. The Kier molecular flexibility index (Phi) is 5.39. The molecule has 1 N–H and O–H groups in total. The zero-order valence-corrected chi connectivity index (χ0v) is 15.5. The first-order chi connectivity index (χ1) is 12.0. The third-order valence-corrected chi connectivity index (χ3v) is 5.08. The number of carbonyl (C=O) groups is 2. The molecule has 2 aromatic rings. The van der Waals surface area contributed by atoms with Crippen molar-refractivity contribution in [3.63, 3.8) is 0 Å². The summed E-state index contributed by atoms with van der Waals surface area (Å²) in [6.45, 7) is 0.680. The normalized spacial score (nSPS) is 17.0. The lowest BCUT2D eigenvalue weighted by Gasteiger charge is -2.18. The number of para-hydroxylation sites is 1. The molecule has 130 valence electrons. The third kappa shape index (κ3) is 3.85. The van der Waals surface area contributed by atoms with Crippen LogP contribution in [0.2, 0.25) is 5.02 Å². The van der Waals surface area contributed by atoms with Crippen molar-refractivity contribution in [3.8, 4) is 0 Å². The van der Waals surface area contributed by atoms with Crippen molar-refractivity contribution < 1.29 is 14.0 Å². The average Bonchev–Trinajstić information content (AvgIpc) is 2.97. The van der Waals surface area contributed by atoms with Crippen LogP contribution in [0.25, 0.3) is 0 Å². The van der Waals surface area contributed by atoms with Crippen LogP contribution in [0.3, 0.4) is 0 Å². The molecule has 2 amide bonds. The van der Waals surface area contributed by atoms with Crippen molar-refractivity contribution in [2.45, 2.75) is 13.0 Å². The topological polar surface area (TPSA) is 49.4 Å². The van der Waals surface area contributed by atoms with Gasteiger partial charge in [0.15, 0.2) is 0 Å². The first kappa shape index (κ1) is 17.9. The summed E-state index contributed by atoms with van der Waals surface area (Å²) in [4.78, 5) is 26.6. The van der Waals surface area contributed by atoms with Crippen molar-refractivity contribution in [1.29, 1.82) is 0 Å². The van der Waals surface area contributed by atoms with Crippen LogP contribution in [-0.4, -0.2) is 18.4 Å². The second-order valence-corrected chi connectivity index (χ2v) is 7.01. The van der Waals surface area contributed by atoms with E-state index < -0.39 is 11.7 Å². The van der Waals surface area contributed by atoms with Crippen LogP contribution < -0.4 is 10.2 Å². The summed E-state index contributed by atoms with van der Waals surface area (Å²) in [7, 11) is 0. The zero-order valence-electron chi connectivity index (χ0n) is 13.1. The van der Waals surface area contributed by atoms with Crippen LogP contribution in [-0.2, 0) is 16.1 Å². The Morgan fingerprint density at radius 3 is 2.80 bits per heavy atom. The number of rotatable bonds is 4. The molecule has 0 spiro atoms. The first-order valence-electron chi connectivity index (χ1n) is 7.75. The molecule has 1 atom stereocenters. The highest BCUT2D eigenvalue weighted by molar-refractivity contribution is 9.10. The second-order valence-electron chi connectivity index (χ2n) is 5.75. The van der Waals surface area contributed by atoms with E-state index in [1.807, 2.05) is 24.3 Å². The number of anilines is 1. The Labute approximate surface area is 158 Å². The van der Waals surface area contributed by atoms with Gasteiger partial charge in [-0.3, -0.25) is 9.59 Å². The monoisotopic (exact) mass is 424 g/mol. The molecule has 1 heterocycles. The molecule has 3 rings (SSSR count). The van der Waals surface area contributed by atoms with Gasteiger partial charge in [0, 0.05) is 17.6 Å². The molecule has 0 aromatic heterocycles. The number of hydrogen-bond acceptors (Lipinski definition) is 2. The summed E-state index contributed by atoms with van der Waals surface area (Å²) in [5.41, 5.74) is 1.43. The zero-order chi connectivity index (χ0) is 18.0. The number of nitrogens with zero attached hydrogens (tertiary/aromatic N) is 1. The maximum absolute atomic E-state index is 13.2. The van der Waals surface area contributed by atoms with Gasteiger partial charge in [-0.1, -0.05) is 29.8 Å². The average molecular weight is 426 g/mol. The molecule has 1 fully saturated rings. The highest BCUT2D eigenvalue weighted by atomic mass is 79.9. The van der Waals surface area contributed by atoms with Crippen molar-refractivity contribution >= 4 is 45.0 Å². The number of halogens is 3. The fourth-order valence-electron chi connectivity index (χ4n) is 2.79. The fourth-order valence-corrected chi connectivity index (χ4v) is 3.50. The maximum Gasteiger partial charge on any atom is 0.239 e. The lowest BCUT2D eigenvalue weighted by molar-refractivity contribution is -0.132. The van der Waals surface area contributed by atoms with Gasteiger partial charge in [0.25, 0.3) is 0 Å². The van der Waals surface area contributed by atoms with E-state index in [1.54, 1.807) is 11.0 Å².